The lowest BCUT2D eigenvalue weighted by Crippen LogP contribution is -2.31. The van der Waals surface area contributed by atoms with Crippen molar-refractivity contribution in [2.45, 2.75) is 46.7 Å². The molecule has 1 aromatic heterocycles. The quantitative estimate of drug-likeness (QED) is 0.801. The van der Waals surface area contributed by atoms with E-state index in [1.54, 1.807) is 0 Å². The first kappa shape index (κ1) is 12.2. The van der Waals surface area contributed by atoms with Crippen LogP contribution in [0.4, 0.5) is 0 Å². The predicted molar refractivity (Wildman–Crippen MR) is 64.7 cm³/mol. The second-order valence-corrected chi connectivity index (χ2v) is 4.36. The van der Waals surface area contributed by atoms with Gasteiger partial charge < -0.3 is 5.32 Å². The molecule has 0 radical (unpaired) electrons. The van der Waals surface area contributed by atoms with Crippen LogP contribution in [0.3, 0.4) is 0 Å². The Hall–Kier alpha value is -0.890. The third kappa shape index (κ3) is 3.63. The number of pyridine rings is 1. The van der Waals surface area contributed by atoms with Crippen LogP contribution in [-0.2, 0) is 6.54 Å². The molecule has 84 valence electrons. The number of rotatable bonds is 5. The van der Waals surface area contributed by atoms with Crippen LogP contribution in [0.2, 0.25) is 0 Å². The van der Waals surface area contributed by atoms with E-state index in [0.717, 1.165) is 12.5 Å². The molecule has 15 heavy (non-hydrogen) atoms. The third-order valence-electron chi connectivity index (χ3n) is 3.26. The molecule has 0 aliphatic carbocycles. The second-order valence-electron chi connectivity index (χ2n) is 4.36. The maximum atomic E-state index is 4.15. The SMILES string of the molecule is CCC(C)C(C)NCc1cnccc1C. The molecule has 0 aliphatic rings. The highest BCUT2D eigenvalue weighted by atomic mass is 14.9. The smallest absolute Gasteiger partial charge is 0.0315 e. The zero-order valence-electron chi connectivity index (χ0n) is 10.2. The number of hydrogen-bond donors (Lipinski definition) is 1. The Kier molecular flexibility index (Phi) is 4.76. The van der Waals surface area contributed by atoms with E-state index in [1.165, 1.54) is 17.5 Å². The van der Waals surface area contributed by atoms with Crippen LogP contribution < -0.4 is 5.32 Å². The van der Waals surface area contributed by atoms with Gasteiger partial charge in [-0.2, -0.15) is 0 Å². The van der Waals surface area contributed by atoms with Gasteiger partial charge in [0, 0.05) is 25.0 Å². The van der Waals surface area contributed by atoms with Crippen molar-refractivity contribution in [1.29, 1.82) is 0 Å². The van der Waals surface area contributed by atoms with E-state index >= 15 is 0 Å². The monoisotopic (exact) mass is 206 g/mol. The first-order chi connectivity index (χ1) is 7.15. The highest BCUT2D eigenvalue weighted by Gasteiger charge is 2.09. The first-order valence-corrected chi connectivity index (χ1v) is 5.78. The fraction of sp³-hybridized carbons (Fsp3) is 0.615. The summed E-state index contributed by atoms with van der Waals surface area (Å²) in [5, 5.41) is 3.55. The van der Waals surface area contributed by atoms with E-state index in [9.17, 15) is 0 Å². The molecule has 1 aromatic rings. The van der Waals surface area contributed by atoms with Gasteiger partial charge in [0.25, 0.3) is 0 Å². The van der Waals surface area contributed by atoms with Crippen molar-refractivity contribution in [2.24, 2.45) is 5.92 Å². The molecule has 1 heterocycles. The average Bonchev–Trinajstić information content (AvgIpc) is 2.26. The predicted octanol–water partition coefficient (Wildman–Crippen LogP) is 2.91. The highest BCUT2D eigenvalue weighted by molar-refractivity contribution is 5.21. The minimum absolute atomic E-state index is 0.564. The van der Waals surface area contributed by atoms with Crippen molar-refractivity contribution in [1.82, 2.24) is 10.3 Å². The van der Waals surface area contributed by atoms with Crippen LogP contribution in [0, 0.1) is 12.8 Å². The lowest BCUT2D eigenvalue weighted by atomic mass is 10.0. The molecule has 0 amide bonds. The molecular weight excluding hydrogens is 184 g/mol. The van der Waals surface area contributed by atoms with Crippen LogP contribution in [-0.4, -0.2) is 11.0 Å². The first-order valence-electron chi connectivity index (χ1n) is 5.78. The van der Waals surface area contributed by atoms with Crippen LogP contribution in [0.15, 0.2) is 18.5 Å². The molecule has 0 bridgehead atoms. The van der Waals surface area contributed by atoms with Crippen LogP contribution in [0.5, 0.6) is 0 Å². The molecule has 0 aliphatic heterocycles. The topological polar surface area (TPSA) is 24.9 Å². The van der Waals surface area contributed by atoms with Crippen molar-refractivity contribution in [3.05, 3.63) is 29.6 Å². The van der Waals surface area contributed by atoms with Crippen LogP contribution in [0.1, 0.15) is 38.3 Å². The maximum absolute atomic E-state index is 4.15. The van der Waals surface area contributed by atoms with Crippen molar-refractivity contribution in [2.75, 3.05) is 0 Å². The van der Waals surface area contributed by atoms with Gasteiger partial charge in [0.2, 0.25) is 0 Å². The van der Waals surface area contributed by atoms with Gasteiger partial charge in [-0.25, -0.2) is 0 Å². The molecule has 2 unspecified atom stereocenters. The van der Waals surface area contributed by atoms with Gasteiger partial charge in [-0.3, -0.25) is 4.98 Å². The Morgan fingerprint density at radius 1 is 1.40 bits per heavy atom. The Morgan fingerprint density at radius 3 is 2.73 bits per heavy atom. The summed E-state index contributed by atoms with van der Waals surface area (Å²) >= 11 is 0. The zero-order chi connectivity index (χ0) is 11.3. The second kappa shape index (κ2) is 5.86. The van der Waals surface area contributed by atoms with E-state index in [1.807, 2.05) is 12.4 Å². The Balaban J connectivity index is 2.47. The molecule has 0 fully saturated rings. The van der Waals surface area contributed by atoms with Gasteiger partial charge >= 0.3 is 0 Å². The normalized spacial score (nSPS) is 14.9. The van der Waals surface area contributed by atoms with E-state index in [2.05, 4.69) is 44.1 Å². The average molecular weight is 206 g/mol. The van der Waals surface area contributed by atoms with Gasteiger partial charge in [0.15, 0.2) is 0 Å². The highest BCUT2D eigenvalue weighted by Crippen LogP contribution is 2.09. The lowest BCUT2D eigenvalue weighted by molar-refractivity contribution is 0.389. The Labute approximate surface area is 93.1 Å². The molecule has 0 saturated carbocycles. The summed E-state index contributed by atoms with van der Waals surface area (Å²) in [4.78, 5) is 4.15. The van der Waals surface area contributed by atoms with Gasteiger partial charge in [0.1, 0.15) is 0 Å². The summed E-state index contributed by atoms with van der Waals surface area (Å²) in [6, 6.07) is 2.62. The summed E-state index contributed by atoms with van der Waals surface area (Å²) in [7, 11) is 0. The summed E-state index contributed by atoms with van der Waals surface area (Å²) in [6.07, 6.45) is 5.02. The van der Waals surface area contributed by atoms with E-state index in [-0.39, 0.29) is 0 Å². The van der Waals surface area contributed by atoms with Gasteiger partial charge in [-0.15, -0.1) is 0 Å². The number of nitrogens with zero attached hydrogens (tertiary/aromatic N) is 1. The van der Waals surface area contributed by atoms with E-state index in [0.29, 0.717) is 6.04 Å². The maximum Gasteiger partial charge on any atom is 0.0315 e. The summed E-state index contributed by atoms with van der Waals surface area (Å²) in [6.45, 7) is 9.82. The number of nitrogens with one attached hydrogen (secondary N) is 1. The van der Waals surface area contributed by atoms with Crippen molar-refractivity contribution < 1.29 is 0 Å². The number of aryl methyl sites for hydroxylation is 1. The molecule has 1 rings (SSSR count). The summed E-state index contributed by atoms with van der Waals surface area (Å²) in [5.41, 5.74) is 2.61. The number of aromatic nitrogens is 1. The molecular formula is C13H22N2. The standard InChI is InChI=1S/C13H22N2/c1-5-10(2)12(4)15-9-13-8-14-7-6-11(13)3/h6-8,10,12,15H,5,9H2,1-4H3. The molecule has 1 N–H and O–H groups in total. The minimum atomic E-state index is 0.564. The number of hydrogen-bond acceptors (Lipinski definition) is 2. The summed E-state index contributed by atoms with van der Waals surface area (Å²) in [5.74, 6) is 0.724. The summed E-state index contributed by atoms with van der Waals surface area (Å²) < 4.78 is 0. The van der Waals surface area contributed by atoms with E-state index < -0.39 is 0 Å². The van der Waals surface area contributed by atoms with Gasteiger partial charge in [-0.1, -0.05) is 20.3 Å². The van der Waals surface area contributed by atoms with Gasteiger partial charge in [0.05, 0.1) is 0 Å². The molecule has 0 spiro atoms. The molecule has 2 nitrogen and oxygen atoms in total. The van der Waals surface area contributed by atoms with Crippen molar-refractivity contribution in [3.8, 4) is 0 Å². The van der Waals surface area contributed by atoms with E-state index in [4.69, 9.17) is 0 Å². The third-order valence-corrected chi connectivity index (χ3v) is 3.26. The minimum Gasteiger partial charge on any atom is -0.310 e. The largest absolute Gasteiger partial charge is 0.310 e. The molecule has 0 aromatic carbocycles. The molecule has 0 saturated heterocycles. The fourth-order valence-corrected chi connectivity index (χ4v) is 1.51. The Bertz CT molecular complexity index is 296. The van der Waals surface area contributed by atoms with Gasteiger partial charge in [-0.05, 0) is 37.0 Å². The van der Waals surface area contributed by atoms with Crippen molar-refractivity contribution >= 4 is 0 Å². The van der Waals surface area contributed by atoms with Crippen LogP contribution >= 0.6 is 0 Å². The molecule has 2 heteroatoms. The lowest BCUT2D eigenvalue weighted by Gasteiger charge is -2.20. The van der Waals surface area contributed by atoms with Crippen LogP contribution in [0.25, 0.3) is 0 Å². The zero-order valence-corrected chi connectivity index (χ0v) is 10.2. The fourth-order valence-electron chi connectivity index (χ4n) is 1.51. The molecule has 2 atom stereocenters. The van der Waals surface area contributed by atoms with Crippen molar-refractivity contribution in [3.63, 3.8) is 0 Å². The Morgan fingerprint density at radius 2 is 2.13 bits per heavy atom.